The predicted octanol–water partition coefficient (Wildman–Crippen LogP) is 3.65. The van der Waals surface area contributed by atoms with Crippen LogP contribution in [0, 0.1) is 10.1 Å². The van der Waals surface area contributed by atoms with Crippen LogP contribution in [0.4, 0.5) is 20.3 Å². The largest absolute Gasteiger partial charge is 0.359 e. The van der Waals surface area contributed by atoms with Gasteiger partial charge in [0.05, 0.1) is 10.6 Å². The zero-order valence-electron chi connectivity index (χ0n) is 12.3. The summed E-state index contributed by atoms with van der Waals surface area (Å²) >= 11 is 0. The van der Waals surface area contributed by atoms with Gasteiger partial charge >= 0.3 is 5.69 Å². The minimum absolute atomic E-state index is 0.00523. The second kappa shape index (κ2) is 5.22. The van der Waals surface area contributed by atoms with Crippen LogP contribution in [0.15, 0.2) is 36.7 Å². The first-order chi connectivity index (χ1) is 10.8. The van der Waals surface area contributed by atoms with Gasteiger partial charge in [0.15, 0.2) is 0 Å². The zero-order chi connectivity index (χ0) is 16.7. The highest BCUT2D eigenvalue weighted by Gasteiger charge is 2.54. The first-order valence-electron chi connectivity index (χ1n) is 7.00. The number of anilines is 1. The Balaban J connectivity index is 1.95. The van der Waals surface area contributed by atoms with Gasteiger partial charge in [-0.3, -0.25) is 15.1 Å². The van der Waals surface area contributed by atoms with Crippen LogP contribution in [-0.2, 0) is 0 Å². The molecular weight excluding hydrogens is 306 g/mol. The molecule has 1 fully saturated rings. The van der Waals surface area contributed by atoms with Crippen LogP contribution >= 0.6 is 0 Å². The highest BCUT2D eigenvalue weighted by atomic mass is 19.3. The van der Waals surface area contributed by atoms with E-state index in [1.54, 1.807) is 31.5 Å². The van der Waals surface area contributed by atoms with E-state index in [1.165, 1.54) is 12.1 Å². The van der Waals surface area contributed by atoms with E-state index in [1.807, 2.05) is 0 Å². The molecule has 6 nitrogen and oxygen atoms in total. The minimum Gasteiger partial charge on any atom is -0.359 e. The molecule has 3 rings (SSSR count). The Hall–Kier alpha value is -2.64. The Bertz CT molecular complexity index is 744. The summed E-state index contributed by atoms with van der Waals surface area (Å²) in [6.07, 6.45) is 2.43. The molecule has 0 atom stereocenters. The fourth-order valence-electron chi connectivity index (χ4n) is 2.83. The lowest BCUT2D eigenvalue weighted by molar-refractivity contribution is -0.384. The van der Waals surface area contributed by atoms with Crippen molar-refractivity contribution >= 4 is 11.5 Å². The van der Waals surface area contributed by atoms with Crippen LogP contribution in [0.5, 0.6) is 0 Å². The molecule has 1 aliphatic rings. The lowest BCUT2D eigenvalue weighted by Gasteiger charge is -2.45. The second-order valence-electron chi connectivity index (χ2n) is 5.96. The standard InChI is InChI=1S/C15H14F2N4O2/c1-14(8-15(16,17)9-14)20-13-12(21(22)23)5-4-11(19-13)10-3-2-6-18-7-10/h2-7H,8-9H2,1H3,(H,19,20). The van der Waals surface area contributed by atoms with Crippen molar-refractivity contribution in [2.24, 2.45) is 0 Å². The number of nitro groups is 1. The lowest BCUT2D eigenvalue weighted by Crippen LogP contribution is -2.54. The monoisotopic (exact) mass is 320 g/mol. The first-order valence-corrected chi connectivity index (χ1v) is 7.00. The summed E-state index contributed by atoms with van der Waals surface area (Å²) in [7, 11) is 0. The fourth-order valence-corrected chi connectivity index (χ4v) is 2.83. The van der Waals surface area contributed by atoms with Crippen molar-refractivity contribution < 1.29 is 13.7 Å². The van der Waals surface area contributed by atoms with E-state index in [4.69, 9.17) is 0 Å². The average molecular weight is 320 g/mol. The molecule has 2 aromatic heterocycles. The first kappa shape index (κ1) is 15.3. The normalized spacial score (nSPS) is 18.0. The number of nitrogens with one attached hydrogen (secondary N) is 1. The number of pyridine rings is 2. The van der Waals surface area contributed by atoms with E-state index >= 15 is 0 Å². The van der Waals surface area contributed by atoms with Crippen LogP contribution in [0.2, 0.25) is 0 Å². The van der Waals surface area contributed by atoms with E-state index in [0.717, 1.165) is 0 Å². The van der Waals surface area contributed by atoms with Crippen LogP contribution in [-0.4, -0.2) is 26.4 Å². The van der Waals surface area contributed by atoms with Gasteiger partial charge in [-0.1, -0.05) is 0 Å². The number of nitrogens with zero attached hydrogens (tertiary/aromatic N) is 3. The third-order valence-electron chi connectivity index (χ3n) is 3.75. The van der Waals surface area contributed by atoms with E-state index in [-0.39, 0.29) is 24.3 Å². The second-order valence-corrected chi connectivity index (χ2v) is 5.96. The van der Waals surface area contributed by atoms with Crippen LogP contribution in [0.1, 0.15) is 19.8 Å². The molecule has 0 unspecified atom stereocenters. The minimum atomic E-state index is -2.74. The van der Waals surface area contributed by atoms with Gasteiger partial charge in [-0.2, -0.15) is 0 Å². The third kappa shape index (κ3) is 3.10. The average Bonchev–Trinajstić information content (AvgIpc) is 2.45. The van der Waals surface area contributed by atoms with Gasteiger partial charge in [-0.25, -0.2) is 13.8 Å². The van der Waals surface area contributed by atoms with Crippen molar-refractivity contribution in [2.75, 3.05) is 5.32 Å². The molecule has 2 heterocycles. The predicted molar refractivity (Wildman–Crippen MR) is 80.3 cm³/mol. The van der Waals surface area contributed by atoms with Gasteiger partial charge in [0, 0.05) is 42.4 Å². The van der Waals surface area contributed by atoms with Crippen LogP contribution < -0.4 is 5.32 Å². The van der Waals surface area contributed by atoms with E-state index < -0.39 is 16.4 Å². The van der Waals surface area contributed by atoms with Crippen molar-refractivity contribution in [3.05, 3.63) is 46.8 Å². The molecule has 0 aromatic carbocycles. The topological polar surface area (TPSA) is 81.0 Å². The van der Waals surface area contributed by atoms with Crippen molar-refractivity contribution in [1.82, 2.24) is 9.97 Å². The summed E-state index contributed by atoms with van der Waals surface area (Å²) in [6.45, 7) is 1.60. The third-order valence-corrected chi connectivity index (χ3v) is 3.75. The molecule has 0 amide bonds. The van der Waals surface area contributed by atoms with Crippen LogP contribution in [0.25, 0.3) is 11.3 Å². The Kier molecular flexibility index (Phi) is 3.46. The summed E-state index contributed by atoms with van der Waals surface area (Å²) in [4.78, 5) is 18.8. The number of rotatable bonds is 4. The van der Waals surface area contributed by atoms with E-state index in [9.17, 15) is 18.9 Å². The summed E-state index contributed by atoms with van der Waals surface area (Å²) in [5, 5.41) is 14.0. The molecule has 0 spiro atoms. The Morgan fingerprint density at radius 2 is 2.04 bits per heavy atom. The zero-order valence-corrected chi connectivity index (χ0v) is 12.3. The van der Waals surface area contributed by atoms with Gasteiger partial charge in [-0.15, -0.1) is 0 Å². The number of halogens is 2. The Morgan fingerprint density at radius 1 is 1.30 bits per heavy atom. The fraction of sp³-hybridized carbons (Fsp3) is 0.333. The van der Waals surface area contributed by atoms with Crippen molar-refractivity contribution in [2.45, 2.75) is 31.2 Å². The molecule has 0 radical (unpaired) electrons. The Morgan fingerprint density at radius 3 is 2.61 bits per heavy atom. The maximum absolute atomic E-state index is 13.1. The maximum atomic E-state index is 13.1. The molecule has 0 bridgehead atoms. The number of aromatic nitrogens is 2. The summed E-state index contributed by atoms with van der Waals surface area (Å²) in [5.74, 6) is -2.74. The quantitative estimate of drug-likeness (QED) is 0.687. The molecular formula is C15H14F2N4O2. The van der Waals surface area contributed by atoms with E-state index in [2.05, 4.69) is 15.3 Å². The van der Waals surface area contributed by atoms with Gasteiger partial charge in [0.2, 0.25) is 5.82 Å². The van der Waals surface area contributed by atoms with E-state index in [0.29, 0.717) is 11.3 Å². The molecule has 0 saturated heterocycles. The number of hydrogen-bond acceptors (Lipinski definition) is 5. The lowest BCUT2D eigenvalue weighted by atomic mass is 9.75. The van der Waals surface area contributed by atoms with Gasteiger partial charge in [0.25, 0.3) is 5.92 Å². The highest BCUT2D eigenvalue weighted by Crippen LogP contribution is 2.47. The van der Waals surface area contributed by atoms with Crippen molar-refractivity contribution in [3.8, 4) is 11.3 Å². The Labute approximate surface area is 130 Å². The number of hydrogen-bond donors (Lipinski definition) is 1. The maximum Gasteiger partial charge on any atom is 0.311 e. The molecule has 1 N–H and O–H groups in total. The summed E-state index contributed by atoms with van der Waals surface area (Å²) in [6, 6.07) is 6.32. The van der Waals surface area contributed by atoms with Gasteiger partial charge in [-0.05, 0) is 25.1 Å². The molecule has 120 valence electrons. The van der Waals surface area contributed by atoms with Crippen molar-refractivity contribution in [3.63, 3.8) is 0 Å². The molecule has 1 saturated carbocycles. The van der Waals surface area contributed by atoms with Crippen LogP contribution in [0.3, 0.4) is 0 Å². The molecule has 1 aliphatic carbocycles. The molecule has 8 heteroatoms. The SMILES string of the molecule is CC1(Nc2nc(-c3cccnc3)ccc2[N+](=O)[O-])CC(F)(F)C1. The summed E-state index contributed by atoms with van der Waals surface area (Å²) in [5.41, 5.74) is 0.0268. The highest BCUT2D eigenvalue weighted by molar-refractivity contribution is 5.66. The molecule has 0 aliphatic heterocycles. The van der Waals surface area contributed by atoms with Gasteiger partial charge in [0.1, 0.15) is 0 Å². The summed E-state index contributed by atoms with van der Waals surface area (Å²) < 4.78 is 26.3. The molecule has 2 aromatic rings. The molecule has 23 heavy (non-hydrogen) atoms. The van der Waals surface area contributed by atoms with Crippen molar-refractivity contribution in [1.29, 1.82) is 0 Å². The van der Waals surface area contributed by atoms with Gasteiger partial charge < -0.3 is 5.32 Å². The smallest absolute Gasteiger partial charge is 0.311 e. The number of alkyl halides is 2.